The molecule has 0 atom stereocenters. The van der Waals surface area contributed by atoms with Gasteiger partial charge in [-0.2, -0.15) is 0 Å². The largest absolute Gasteiger partial charge is 0.320 e. The fraction of sp³-hybridized carbons (Fsp3) is 1.00. The van der Waals surface area contributed by atoms with E-state index in [9.17, 15) is 8.42 Å². The van der Waals surface area contributed by atoms with Crippen molar-refractivity contribution in [3.63, 3.8) is 0 Å². The summed E-state index contributed by atoms with van der Waals surface area (Å²) in [7, 11) is -1.17. The summed E-state index contributed by atoms with van der Waals surface area (Å²) in [6.45, 7) is 5.61. The number of rotatable bonds is 9. The van der Waals surface area contributed by atoms with Crippen LogP contribution in [-0.2, 0) is 10.0 Å². The van der Waals surface area contributed by atoms with E-state index in [1.165, 1.54) is 0 Å². The van der Waals surface area contributed by atoms with E-state index in [4.69, 9.17) is 0 Å². The van der Waals surface area contributed by atoms with Crippen LogP contribution in [0.15, 0.2) is 0 Å². The van der Waals surface area contributed by atoms with Crippen LogP contribution in [0, 0.1) is 5.92 Å². The van der Waals surface area contributed by atoms with Gasteiger partial charge in [-0.15, -0.1) is 0 Å². The van der Waals surface area contributed by atoms with Crippen molar-refractivity contribution in [2.75, 3.05) is 25.9 Å². The molecule has 0 aromatic heterocycles. The Morgan fingerprint density at radius 3 is 2.33 bits per heavy atom. The number of sulfonamides is 1. The third-order valence-electron chi connectivity index (χ3n) is 2.13. The first-order valence-corrected chi connectivity index (χ1v) is 7.25. The maximum Gasteiger partial charge on any atom is 0.211 e. The summed E-state index contributed by atoms with van der Waals surface area (Å²) in [6.07, 6.45) is 2.52. The summed E-state index contributed by atoms with van der Waals surface area (Å²) in [6, 6.07) is 0. The highest BCUT2D eigenvalue weighted by Crippen LogP contribution is 1.99. The summed E-state index contributed by atoms with van der Waals surface area (Å²) in [5.74, 6) is 0.782. The van der Waals surface area contributed by atoms with Crippen molar-refractivity contribution in [1.29, 1.82) is 0 Å². The predicted molar refractivity (Wildman–Crippen MR) is 64.4 cm³/mol. The Hall–Kier alpha value is -0.130. The molecule has 0 heterocycles. The van der Waals surface area contributed by atoms with Crippen LogP contribution in [0.25, 0.3) is 0 Å². The second-order valence-corrected chi connectivity index (χ2v) is 6.13. The fourth-order valence-corrected chi connectivity index (χ4v) is 2.33. The average Bonchev–Trinajstić information content (AvgIpc) is 2.11. The number of unbranched alkanes of at least 4 members (excludes halogenated alkanes) is 1. The van der Waals surface area contributed by atoms with Crippen molar-refractivity contribution in [3.8, 4) is 0 Å². The van der Waals surface area contributed by atoms with Crippen LogP contribution in [0.5, 0.6) is 0 Å². The fourth-order valence-electron chi connectivity index (χ4n) is 1.17. The highest BCUT2D eigenvalue weighted by molar-refractivity contribution is 7.89. The molecule has 5 heteroatoms. The summed E-state index contributed by atoms with van der Waals surface area (Å²) >= 11 is 0. The molecule has 0 rings (SSSR count). The van der Waals surface area contributed by atoms with Crippen molar-refractivity contribution in [2.24, 2.45) is 5.92 Å². The Morgan fingerprint density at radius 2 is 1.80 bits per heavy atom. The minimum Gasteiger partial charge on any atom is -0.320 e. The molecule has 0 saturated carbocycles. The van der Waals surface area contributed by atoms with Crippen LogP contribution < -0.4 is 10.0 Å². The van der Waals surface area contributed by atoms with Crippen LogP contribution in [0.3, 0.4) is 0 Å². The second kappa shape index (κ2) is 8.07. The van der Waals surface area contributed by atoms with E-state index in [0.717, 1.165) is 25.8 Å². The third kappa shape index (κ3) is 10.2. The highest BCUT2D eigenvalue weighted by Gasteiger charge is 2.08. The number of hydrogen-bond acceptors (Lipinski definition) is 3. The van der Waals surface area contributed by atoms with Crippen molar-refractivity contribution >= 4 is 10.0 Å². The van der Waals surface area contributed by atoms with Gasteiger partial charge >= 0.3 is 0 Å². The first-order valence-electron chi connectivity index (χ1n) is 5.60. The van der Waals surface area contributed by atoms with E-state index in [-0.39, 0.29) is 5.75 Å². The van der Waals surface area contributed by atoms with Gasteiger partial charge in [0, 0.05) is 6.54 Å². The molecule has 0 bridgehead atoms. The molecule has 0 saturated heterocycles. The molecule has 4 nitrogen and oxygen atoms in total. The van der Waals surface area contributed by atoms with Gasteiger partial charge in [0.05, 0.1) is 5.75 Å². The molecule has 0 spiro atoms. The van der Waals surface area contributed by atoms with Gasteiger partial charge < -0.3 is 5.32 Å². The quantitative estimate of drug-likeness (QED) is 0.586. The van der Waals surface area contributed by atoms with Gasteiger partial charge in [0.2, 0.25) is 10.0 Å². The summed E-state index contributed by atoms with van der Waals surface area (Å²) in [5.41, 5.74) is 0. The molecular weight excluding hydrogens is 212 g/mol. The van der Waals surface area contributed by atoms with E-state index in [2.05, 4.69) is 23.9 Å². The van der Waals surface area contributed by atoms with Gasteiger partial charge in [0.25, 0.3) is 0 Å². The molecule has 92 valence electrons. The minimum absolute atomic E-state index is 0.243. The van der Waals surface area contributed by atoms with E-state index >= 15 is 0 Å². The minimum atomic E-state index is -3.04. The molecule has 0 aliphatic carbocycles. The van der Waals surface area contributed by atoms with Crippen LogP contribution in [0.1, 0.15) is 33.1 Å². The maximum atomic E-state index is 11.4. The standard InChI is InChI=1S/C10H24N2O2S/c1-10(2)6-8-12-15(13,14)9-5-4-7-11-3/h10-12H,4-9H2,1-3H3. The lowest BCUT2D eigenvalue weighted by molar-refractivity contribution is 0.549. The predicted octanol–water partition coefficient (Wildman–Crippen LogP) is 0.952. The maximum absolute atomic E-state index is 11.4. The van der Waals surface area contributed by atoms with Crippen molar-refractivity contribution in [2.45, 2.75) is 33.1 Å². The zero-order chi connectivity index (χ0) is 11.7. The van der Waals surface area contributed by atoms with Gasteiger partial charge in [-0.1, -0.05) is 13.8 Å². The lowest BCUT2D eigenvalue weighted by Gasteiger charge is -2.08. The topological polar surface area (TPSA) is 58.2 Å². The van der Waals surface area contributed by atoms with E-state index < -0.39 is 10.0 Å². The van der Waals surface area contributed by atoms with E-state index in [1.54, 1.807) is 0 Å². The lowest BCUT2D eigenvalue weighted by Crippen LogP contribution is -2.28. The molecule has 0 aliphatic heterocycles. The van der Waals surface area contributed by atoms with Gasteiger partial charge in [-0.3, -0.25) is 0 Å². The summed E-state index contributed by atoms with van der Waals surface area (Å²) < 4.78 is 25.5. The van der Waals surface area contributed by atoms with Crippen molar-refractivity contribution in [3.05, 3.63) is 0 Å². The van der Waals surface area contributed by atoms with E-state index in [1.807, 2.05) is 7.05 Å². The van der Waals surface area contributed by atoms with Gasteiger partial charge in [-0.25, -0.2) is 13.1 Å². The molecule has 0 fully saturated rings. The molecule has 0 radical (unpaired) electrons. The molecule has 0 unspecified atom stereocenters. The zero-order valence-electron chi connectivity index (χ0n) is 10.0. The van der Waals surface area contributed by atoms with Crippen LogP contribution in [0.2, 0.25) is 0 Å². The Bertz CT molecular complexity index is 238. The van der Waals surface area contributed by atoms with Gasteiger partial charge in [0.15, 0.2) is 0 Å². The molecule has 0 amide bonds. The molecule has 0 aromatic carbocycles. The monoisotopic (exact) mass is 236 g/mol. The highest BCUT2D eigenvalue weighted by atomic mass is 32.2. The Kier molecular flexibility index (Phi) is 8.00. The Morgan fingerprint density at radius 1 is 1.13 bits per heavy atom. The van der Waals surface area contributed by atoms with Gasteiger partial charge in [-0.05, 0) is 38.8 Å². The first kappa shape index (κ1) is 14.9. The van der Waals surface area contributed by atoms with Crippen LogP contribution in [-0.4, -0.2) is 34.3 Å². The van der Waals surface area contributed by atoms with Crippen LogP contribution >= 0.6 is 0 Å². The Labute approximate surface area is 93.9 Å². The number of hydrogen-bond donors (Lipinski definition) is 2. The summed E-state index contributed by atoms with van der Waals surface area (Å²) in [4.78, 5) is 0. The lowest BCUT2D eigenvalue weighted by atomic mass is 10.1. The SMILES string of the molecule is CNCCCCS(=O)(=O)NCCC(C)C. The van der Waals surface area contributed by atoms with Crippen LogP contribution in [0.4, 0.5) is 0 Å². The average molecular weight is 236 g/mol. The molecule has 2 N–H and O–H groups in total. The molecule has 0 aliphatic rings. The summed E-state index contributed by atoms with van der Waals surface area (Å²) in [5, 5.41) is 3.00. The molecule has 0 aromatic rings. The number of nitrogens with one attached hydrogen (secondary N) is 2. The zero-order valence-corrected chi connectivity index (χ0v) is 10.9. The second-order valence-electron chi connectivity index (χ2n) is 4.21. The third-order valence-corrected chi connectivity index (χ3v) is 3.60. The normalized spacial score (nSPS) is 12.3. The smallest absolute Gasteiger partial charge is 0.211 e. The van der Waals surface area contributed by atoms with E-state index in [0.29, 0.717) is 12.5 Å². The van der Waals surface area contributed by atoms with Crippen molar-refractivity contribution < 1.29 is 8.42 Å². The van der Waals surface area contributed by atoms with Gasteiger partial charge in [0.1, 0.15) is 0 Å². The first-order chi connectivity index (χ1) is 6.98. The van der Waals surface area contributed by atoms with Crippen molar-refractivity contribution in [1.82, 2.24) is 10.0 Å². The Balaban J connectivity index is 3.59. The molecular formula is C10H24N2O2S. The molecule has 15 heavy (non-hydrogen) atoms.